The van der Waals surface area contributed by atoms with Gasteiger partial charge in [-0.25, -0.2) is 0 Å². The number of hydrogen-bond acceptors (Lipinski definition) is 4. The second-order valence-electron chi connectivity index (χ2n) is 5.12. The van der Waals surface area contributed by atoms with Gasteiger partial charge in [-0.05, 0) is 18.2 Å². The number of carbonyl (C=O) groups excluding carboxylic acids is 2. The summed E-state index contributed by atoms with van der Waals surface area (Å²) in [5.74, 6) is -0.165. The molecule has 6 nitrogen and oxygen atoms in total. The summed E-state index contributed by atoms with van der Waals surface area (Å²) in [5.41, 5.74) is 7.52. The van der Waals surface area contributed by atoms with E-state index in [2.05, 4.69) is 0 Å². The molecule has 0 bridgehead atoms. The van der Waals surface area contributed by atoms with Gasteiger partial charge in [-0.1, -0.05) is 0 Å². The van der Waals surface area contributed by atoms with Crippen LogP contribution in [0.15, 0.2) is 18.2 Å². The molecule has 0 aliphatic carbocycles. The highest BCUT2D eigenvalue weighted by Crippen LogP contribution is 2.23. The van der Waals surface area contributed by atoms with Gasteiger partial charge in [-0.3, -0.25) is 9.59 Å². The van der Waals surface area contributed by atoms with E-state index >= 15 is 0 Å². The molecule has 2 N–H and O–H groups in total. The quantitative estimate of drug-likeness (QED) is 0.814. The summed E-state index contributed by atoms with van der Waals surface area (Å²) in [7, 11) is 8.53. The highest BCUT2D eigenvalue weighted by atomic mass is 16.2. The molecule has 0 aliphatic rings. The van der Waals surface area contributed by atoms with E-state index in [1.165, 1.54) is 9.80 Å². The summed E-state index contributed by atoms with van der Waals surface area (Å²) < 4.78 is 0. The van der Waals surface area contributed by atoms with Crippen LogP contribution in [0.25, 0.3) is 0 Å². The van der Waals surface area contributed by atoms with Crippen molar-refractivity contribution >= 4 is 23.2 Å². The predicted molar refractivity (Wildman–Crippen MR) is 80.8 cm³/mol. The van der Waals surface area contributed by atoms with Gasteiger partial charge in [0.2, 0.25) is 5.91 Å². The molecular formula is C14H22N4O2. The molecule has 0 atom stereocenters. The van der Waals surface area contributed by atoms with Crippen molar-refractivity contribution in [2.24, 2.45) is 0 Å². The zero-order chi connectivity index (χ0) is 15.4. The van der Waals surface area contributed by atoms with Crippen molar-refractivity contribution in [3.05, 3.63) is 23.8 Å². The van der Waals surface area contributed by atoms with Crippen molar-refractivity contribution in [2.45, 2.75) is 0 Å². The lowest BCUT2D eigenvalue weighted by atomic mass is 10.1. The lowest BCUT2D eigenvalue weighted by Crippen LogP contribution is -2.35. The van der Waals surface area contributed by atoms with Crippen LogP contribution in [0.4, 0.5) is 11.4 Å². The summed E-state index contributed by atoms with van der Waals surface area (Å²) in [6, 6.07) is 5.07. The molecule has 0 unspecified atom stereocenters. The molecule has 0 aliphatic heterocycles. The lowest BCUT2D eigenvalue weighted by molar-refractivity contribution is -0.127. The second kappa shape index (κ2) is 6.27. The smallest absolute Gasteiger partial charge is 0.255 e. The maximum absolute atomic E-state index is 12.2. The summed E-state index contributed by atoms with van der Waals surface area (Å²) >= 11 is 0. The first-order chi connectivity index (χ1) is 9.23. The number of nitrogens with two attached hydrogens (primary N) is 1. The SMILES string of the molecule is CN(C)C(=O)CN(C)c1cc(N)ccc1C(=O)N(C)C. The van der Waals surface area contributed by atoms with Gasteiger partial charge in [0.25, 0.3) is 5.91 Å². The molecule has 1 rings (SSSR count). The van der Waals surface area contributed by atoms with Crippen molar-refractivity contribution in [3.8, 4) is 0 Å². The second-order valence-corrected chi connectivity index (χ2v) is 5.12. The minimum absolute atomic E-state index is 0.0434. The Morgan fingerprint density at radius 1 is 1.05 bits per heavy atom. The van der Waals surface area contributed by atoms with E-state index in [0.717, 1.165) is 0 Å². The standard InChI is InChI=1S/C14H22N4O2/c1-16(2)13(19)9-18(5)12-8-10(15)6-7-11(12)14(20)17(3)4/h6-8H,9,15H2,1-5H3. The number of carbonyl (C=O) groups is 2. The Hall–Kier alpha value is -2.24. The largest absolute Gasteiger partial charge is 0.399 e. The number of benzene rings is 1. The van der Waals surface area contributed by atoms with E-state index in [1.807, 2.05) is 0 Å². The van der Waals surface area contributed by atoms with Crippen molar-refractivity contribution < 1.29 is 9.59 Å². The molecule has 0 saturated carbocycles. The number of rotatable bonds is 4. The average molecular weight is 278 g/mol. The summed E-state index contributed by atoms with van der Waals surface area (Å²) in [4.78, 5) is 28.7. The van der Waals surface area contributed by atoms with Crippen LogP contribution in [0.1, 0.15) is 10.4 Å². The van der Waals surface area contributed by atoms with Crippen LogP contribution in [0.2, 0.25) is 0 Å². The molecule has 1 aromatic carbocycles. The van der Waals surface area contributed by atoms with Crippen LogP contribution in [-0.4, -0.2) is 63.4 Å². The van der Waals surface area contributed by atoms with Crippen molar-refractivity contribution in [1.82, 2.24) is 9.80 Å². The maximum Gasteiger partial charge on any atom is 0.255 e. The number of amides is 2. The number of anilines is 2. The van der Waals surface area contributed by atoms with Gasteiger partial charge in [0.1, 0.15) is 0 Å². The Kier molecular flexibility index (Phi) is 4.96. The lowest BCUT2D eigenvalue weighted by Gasteiger charge is -2.24. The molecule has 20 heavy (non-hydrogen) atoms. The molecule has 0 fully saturated rings. The zero-order valence-corrected chi connectivity index (χ0v) is 12.7. The van der Waals surface area contributed by atoms with Crippen LogP contribution in [0, 0.1) is 0 Å². The van der Waals surface area contributed by atoms with E-state index in [0.29, 0.717) is 16.9 Å². The fraction of sp³-hybridized carbons (Fsp3) is 0.429. The maximum atomic E-state index is 12.2. The van der Waals surface area contributed by atoms with Crippen LogP contribution in [0.5, 0.6) is 0 Å². The Morgan fingerprint density at radius 2 is 1.65 bits per heavy atom. The molecule has 2 amide bonds. The molecule has 1 aromatic rings. The molecule has 110 valence electrons. The normalized spacial score (nSPS) is 10.1. The van der Waals surface area contributed by atoms with E-state index in [-0.39, 0.29) is 18.4 Å². The third-order valence-corrected chi connectivity index (χ3v) is 2.94. The van der Waals surface area contributed by atoms with Crippen LogP contribution >= 0.6 is 0 Å². The fourth-order valence-corrected chi connectivity index (χ4v) is 1.72. The average Bonchev–Trinajstić information content (AvgIpc) is 2.37. The van der Waals surface area contributed by atoms with Crippen molar-refractivity contribution in [2.75, 3.05) is 52.4 Å². The Morgan fingerprint density at radius 3 is 2.15 bits per heavy atom. The van der Waals surface area contributed by atoms with Crippen molar-refractivity contribution in [1.29, 1.82) is 0 Å². The highest BCUT2D eigenvalue weighted by Gasteiger charge is 2.18. The van der Waals surface area contributed by atoms with Crippen LogP contribution in [0.3, 0.4) is 0 Å². The van der Waals surface area contributed by atoms with Crippen molar-refractivity contribution in [3.63, 3.8) is 0 Å². The molecule has 0 spiro atoms. The van der Waals surface area contributed by atoms with E-state index in [1.54, 1.807) is 58.3 Å². The van der Waals surface area contributed by atoms with E-state index in [9.17, 15) is 9.59 Å². The first-order valence-corrected chi connectivity index (χ1v) is 6.26. The minimum Gasteiger partial charge on any atom is -0.399 e. The number of nitrogen functional groups attached to an aromatic ring is 1. The van der Waals surface area contributed by atoms with Crippen LogP contribution in [-0.2, 0) is 4.79 Å². The Bertz CT molecular complexity index is 512. The summed E-state index contributed by atoms with van der Waals surface area (Å²) in [6.07, 6.45) is 0. The van der Waals surface area contributed by atoms with E-state index < -0.39 is 0 Å². The number of hydrogen-bond donors (Lipinski definition) is 1. The Balaban J connectivity index is 3.12. The Labute approximate surface area is 119 Å². The van der Waals surface area contributed by atoms with Gasteiger partial charge in [0, 0.05) is 40.9 Å². The topological polar surface area (TPSA) is 69.9 Å². The predicted octanol–water partition coefficient (Wildman–Crippen LogP) is 0.495. The summed E-state index contributed by atoms with van der Waals surface area (Å²) in [6.45, 7) is 0.185. The highest BCUT2D eigenvalue weighted by molar-refractivity contribution is 6.00. The number of likely N-dealkylation sites (N-methyl/N-ethyl adjacent to an activating group) is 2. The van der Waals surface area contributed by atoms with E-state index in [4.69, 9.17) is 5.73 Å². The van der Waals surface area contributed by atoms with Gasteiger partial charge < -0.3 is 20.4 Å². The van der Waals surface area contributed by atoms with Gasteiger partial charge in [-0.15, -0.1) is 0 Å². The first kappa shape index (κ1) is 15.8. The van der Waals surface area contributed by atoms with Gasteiger partial charge >= 0.3 is 0 Å². The van der Waals surface area contributed by atoms with Gasteiger partial charge in [0.05, 0.1) is 17.8 Å². The molecule has 0 saturated heterocycles. The molecule has 0 aromatic heterocycles. The third-order valence-electron chi connectivity index (χ3n) is 2.94. The molecule has 0 radical (unpaired) electrons. The minimum atomic E-state index is -0.121. The fourth-order valence-electron chi connectivity index (χ4n) is 1.72. The third kappa shape index (κ3) is 3.63. The first-order valence-electron chi connectivity index (χ1n) is 6.26. The van der Waals surface area contributed by atoms with Gasteiger partial charge in [0.15, 0.2) is 0 Å². The molecule has 6 heteroatoms. The summed E-state index contributed by atoms with van der Waals surface area (Å²) in [5, 5.41) is 0. The van der Waals surface area contributed by atoms with Gasteiger partial charge in [-0.2, -0.15) is 0 Å². The monoisotopic (exact) mass is 278 g/mol. The molecule has 0 heterocycles. The zero-order valence-electron chi connectivity index (χ0n) is 12.7. The number of nitrogens with zero attached hydrogens (tertiary/aromatic N) is 3. The molecular weight excluding hydrogens is 256 g/mol. The van der Waals surface area contributed by atoms with Crippen LogP contribution < -0.4 is 10.6 Å².